The molecule has 1 N–H and O–H groups in total. The van der Waals surface area contributed by atoms with E-state index in [-0.39, 0.29) is 11.2 Å². The predicted octanol–water partition coefficient (Wildman–Crippen LogP) is 3.03. The van der Waals surface area contributed by atoms with Crippen LogP contribution in [0.5, 0.6) is 0 Å². The van der Waals surface area contributed by atoms with Crippen LogP contribution in [0, 0.1) is 0 Å². The van der Waals surface area contributed by atoms with Crippen LogP contribution in [-0.2, 0) is 5.41 Å². The van der Waals surface area contributed by atoms with E-state index in [2.05, 4.69) is 26.0 Å². The quantitative estimate of drug-likeness (QED) is 0.922. The zero-order chi connectivity index (χ0) is 14.2. The van der Waals surface area contributed by atoms with Crippen LogP contribution in [0.15, 0.2) is 28.7 Å². The fourth-order valence-electron chi connectivity index (χ4n) is 1.68. The number of carboxylic acid groups (broad SMARTS) is 1. The second kappa shape index (κ2) is 4.77. The van der Waals surface area contributed by atoms with Crippen molar-refractivity contribution >= 4 is 21.9 Å². The molecule has 0 saturated carbocycles. The molecule has 1 aromatic heterocycles. The average Bonchev–Trinajstić information content (AvgIpc) is 2.74. The molecule has 0 spiro atoms. The highest BCUT2D eigenvalue weighted by molar-refractivity contribution is 9.10. The Morgan fingerprint density at radius 1 is 1.32 bits per heavy atom. The van der Waals surface area contributed by atoms with Gasteiger partial charge in [-0.05, 0) is 28.1 Å². The van der Waals surface area contributed by atoms with Crippen LogP contribution < -0.4 is 0 Å². The van der Waals surface area contributed by atoms with Gasteiger partial charge in [-0.1, -0.05) is 32.9 Å². The molecule has 0 amide bonds. The van der Waals surface area contributed by atoms with Crippen molar-refractivity contribution in [3.05, 3.63) is 40.4 Å². The molecule has 0 aliphatic carbocycles. The van der Waals surface area contributed by atoms with E-state index in [1.165, 1.54) is 0 Å². The predicted molar refractivity (Wildman–Crippen MR) is 74.7 cm³/mol. The third kappa shape index (κ3) is 2.68. The summed E-state index contributed by atoms with van der Waals surface area (Å²) in [7, 11) is 0. The molecule has 1 aromatic carbocycles. The fourth-order valence-corrected chi connectivity index (χ4v) is 2.13. The fraction of sp³-hybridized carbons (Fsp3) is 0.308. The maximum Gasteiger partial charge on any atom is 0.375 e. The summed E-state index contributed by atoms with van der Waals surface area (Å²) in [6.45, 7) is 5.90. The molecule has 0 bridgehead atoms. The Balaban J connectivity index is 2.69. The number of hydrogen-bond acceptors (Lipinski definition) is 3. The van der Waals surface area contributed by atoms with Crippen LogP contribution in [0.25, 0.3) is 5.69 Å². The Morgan fingerprint density at radius 3 is 2.47 bits per heavy atom. The minimum atomic E-state index is -1.13. The van der Waals surface area contributed by atoms with Gasteiger partial charge in [0.15, 0.2) is 0 Å². The first kappa shape index (κ1) is 13.7. The van der Waals surface area contributed by atoms with Gasteiger partial charge in [0, 0.05) is 9.89 Å². The van der Waals surface area contributed by atoms with Crippen LogP contribution in [0.3, 0.4) is 0 Å². The van der Waals surface area contributed by atoms with Crippen molar-refractivity contribution in [2.45, 2.75) is 26.2 Å². The summed E-state index contributed by atoms with van der Waals surface area (Å²) >= 11 is 3.44. The second-order valence-electron chi connectivity index (χ2n) is 5.18. The van der Waals surface area contributed by atoms with Crippen molar-refractivity contribution < 1.29 is 9.90 Å². The number of halogens is 1. The van der Waals surface area contributed by atoms with Crippen molar-refractivity contribution in [2.75, 3.05) is 0 Å². The second-order valence-corrected chi connectivity index (χ2v) is 6.03. The minimum Gasteiger partial charge on any atom is -0.475 e. The Bertz CT molecular complexity index is 629. The number of aromatic carboxylic acids is 1. The molecule has 5 nitrogen and oxygen atoms in total. The molecule has 2 rings (SSSR count). The standard InChI is InChI=1S/C13H14BrN3O2/c1-13(2,3)12-15-10(11(18)19)16-17(12)9-7-5-4-6-8(9)14/h4-7H,1-3H3,(H,18,19). The van der Waals surface area contributed by atoms with Gasteiger partial charge < -0.3 is 5.11 Å². The number of aromatic nitrogens is 3. The zero-order valence-electron chi connectivity index (χ0n) is 10.9. The summed E-state index contributed by atoms with van der Waals surface area (Å²) in [6.07, 6.45) is 0. The molecule has 100 valence electrons. The molecule has 2 aromatic rings. The zero-order valence-corrected chi connectivity index (χ0v) is 12.5. The van der Waals surface area contributed by atoms with Gasteiger partial charge >= 0.3 is 5.97 Å². The number of benzene rings is 1. The number of carbonyl (C=O) groups is 1. The Morgan fingerprint density at radius 2 is 1.95 bits per heavy atom. The minimum absolute atomic E-state index is 0.194. The molecule has 0 aliphatic rings. The van der Waals surface area contributed by atoms with Gasteiger partial charge in [0.2, 0.25) is 0 Å². The lowest BCUT2D eigenvalue weighted by molar-refractivity contribution is 0.0683. The molecule has 0 unspecified atom stereocenters. The lowest BCUT2D eigenvalue weighted by Gasteiger charge is -2.18. The van der Waals surface area contributed by atoms with E-state index in [1.54, 1.807) is 4.68 Å². The van der Waals surface area contributed by atoms with Gasteiger partial charge in [0.05, 0.1) is 5.69 Å². The van der Waals surface area contributed by atoms with Crippen molar-refractivity contribution in [1.82, 2.24) is 14.8 Å². The molecule has 1 heterocycles. The van der Waals surface area contributed by atoms with Gasteiger partial charge in [-0.2, -0.15) is 0 Å². The summed E-state index contributed by atoms with van der Waals surface area (Å²) in [5.41, 5.74) is 0.461. The molecule has 0 fully saturated rings. The molecule has 0 atom stereocenters. The van der Waals surface area contributed by atoms with Gasteiger partial charge in [0.25, 0.3) is 5.82 Å². The van der Waals surface area contributed by atoms with Gasteiger partial charge in [-0.25, -0.2) is 14.5 Å². The molecule has 6 heteroatoms. The third-order valence-electron chi connectivity index (χ3n) is 2.55. The van der Waals surface area contributed by atoms with E-state index in [4.69, 9.17) is 5.11 Å². The van der Waals surface area contributed by atoms with Crippen molar-refractivity contribution in [2.24, 2.45) is 0 Å². The number of hydrogen-bond donors (Lipinski definition) is 1. The Hall–Kier alpha value is -1.69. The smallest absolute Gasteiger partial charge is 0.375 e. The van der Waals surface area contributed by atoms with Crippen molar-refractivity contribution in [3.63, 3.8) is 0 Å². The summed E-state index contributed by atoms with van der Waals surface area (Å²) in [5, 5.41) is 13.1. The van der Waals surface area contributed by atoms with Crippen LogP contribution in [0.4, 0.5) is 0 Å². The number of nitrogens with zero attached hydrogens (tertiary/aromatic N) is 3. The summed E-state index contributed by atoms with van der Waals surface area (Å²) in [5.74, 6) is -0.714. The number of carboxylic acids is 1. The van der Waals surface area contributed by atoms with E-state index in [9.17, 15) is 4.79 Å². The van der Waals surface area contributed by atoms with E-state index in [1.807, 2.05) is 45.0 Å². The van der Waals surface area contributed by atoms with Gasteiger partial charge in [0.1, 0.15) is 5.82 Å². The molecular weight excluding hydrogens is 310 g/mol. The van der Waals surface area contributed by atoms with Crippen LogP contribution in [0.2, 0.25) is 0 Å². The van der Waals surface area contributed by atoms with Gasteiger partial charge in [-0.15, -0.1) is 5.10 Å². The Kier molecular flexibility index (Phi) is 3.45. The molecule has 0 saturated heterocycles. The van der Waals surface area contributed by atoms with E-state index in [0.29, 0.717) is 5.82 Å². The SMILES string of the molecule is CC(C)(C)c1nc(C(=O)O)nn1-c1ccccc1Br. The van der Waals surface area contributed by atoms with E-state index >= 15 is 0 Å². The first-order valence-electron chi connectivity index (χ1n) is 5.76. The normalized spacial score (nSPS) is 11.6. The molecule has 19 heavy (non-hydrogen) atoms. The largest absolute Gasteiger partial charge is 0.475 e. The van der Waals surface area contributed by atoms with Crippen LogP contribution >= 0.6 is 15.9 Å². The third-order valence-corrected chi connectivity index (χ3v) is 3.22. The number of para-hydroxylation sites is 1. The molecular formula is C13H14BrN3O2. The van der Waals surface area contributed by atoms with Crippen molar-refractivity contribution in [3.8, 4) is 5.69 Å². The monoisotopic (exact) mass is 323 g/mol. The molecule has 0 aliphatic heterocycles. The van der Waals surface area contributed by atoms with Crippen LogP contribution in [0.1, 0.15) is 37.2 Å². The number of rotatable bonds is 2. The van der Waals surface area contributed by atoms with E-state index in [0.717, 1.165) is 10.2 Å². The summed E-state index contributed by atoms with van der Waals surface area (Å²) in [4.78, 5) is 15.2. The highest BCUT2D eigenvalue weighted by atomic mass is 79.9. The maximum atomic E-state index is 11.1. The highest BCUT2D eigenvalue weighted by Gasteiger charge is 2.26. The highest BCUT2D eigenvalue weighted by Crippen LogP contribution is 2.27. The summed E-state index contributed by atoms with van der Waals surface area (Å²) < 4.78 is 2.41. The summed E-state index contributed by atoms with van der Waals surface area (Å²) in [6, 6.07) is 7.50. The molecule has 0 radical (unpaired) electrons. The Labute approximate surface area is 119 Å². The first-order chi connectivity index (χ1) is 8.80. The lowest BCUT2D eigenvalue weighted by Crippen LogP contribution is -2.19. The average molecular weight is 324 g/mol. The van der Waals surface area contributed by atoms with Crippen molar-refractivity contribution in [1.29, 1.82) is 0 Å². The maximum absolute atomic E-state index is 11.1. The van der Waals surface area contributed by atoms with Crippen LogP contribution in [-0.4, -0.2) is 25.8 Å². The first-order valence-corrected chi connectivity index (χ1v) is 6.56. The lowest BCUT2D eigenvalue weighted by atomic mass is 9.95. The topological polar surface area (TPSA) is 68.0 Å². The van der Waals surface area contributed by atoms with E-state index < -0.39 is 5.97 Å². The van der Waals surface area contributed by atoms with Gasteiger partial charge in [-0.3, -0.25) is 0 Å².